The summed E-state index contributed by atoms with van der Waals surface area (Å²) in [5, 5.41) is -0.228. The van der Waals surface area contributed by atoms with Crippen LogP contribution in [-0.4, -0.2) is 19.6 Å². The maximum Gasteiger partial charge on any atom is 0.261 e. The minimum absolute atomic E-state index is 0.228. The van der Waals surface area contributed by atoms with Crippen molar-refractivity contribution in [2.24, 2.45) is 0 Å². The molecule has 6 heteroatoms. The number of aryl methyl sites for hydroxylation is 1. The molecule has 0 aliphatic rings. The molecule has 1 rings (SSSR count). The Kier molecular flexibility index (Phi) is 5.97. The van der Waals surface area contributed by atoms with Gasteiger partial charge in [-0.2, -0.15) is 0 Å². The molecule has 0 fully saturated rings. The molecule has 0 amide bonds. The van der Waals surface area contributed by atoms with Crippen LogP contribution in [0.4, 0.5) is 8.78 Å². The Hall–Kier alpha value is 0.1000. The number of halogens is 4. The molecule has 1 atom stereocenters. The van der Waals surface area contributed by atoms with Gasteiger partial charge in [0, 0.05) is 11.5 Å². The van der Waals surface area contributed by atoms with Gasteiger partial charge in [-0.1, -0.05) is 11.6 Å². The first-order chi connectivity index (χ1) is 7.50. The largest absolute Gasteiger partial charge is 0.375 e. The van der Waals surface area contributed by atoms with E-state index in [1.807, 2.05) is 13.0 Å². The standard InChI is InChI=1S/C10H12Cl2F2OS/c1-6-4-8(16-10(6)12)7(11)2-3-15-5-9(13)14/h4,7,9H,2-3,5H2,1H3. The second kappa shape index (κ2) is 6.74. The molecule has 1 aromatic heterocycles. The molecule has 1 aromatic rings. The molecule has 92 valence electrons. The van der Waals surface area contributed by atoms with E-state index in [0.717, 1.165) is 10.4 Å². The lowest BCUT2D eigenvalue weighted by Gasteiger charge is -2.07. The second-order valence-electron chi connectivity index (χ2n) is 3.33. The number of thiophene rings is 1. The van der Waals surface area contributed by atoms with Crippen LogP contribution in [0.5, 0.6) is 0 Å². The Bertz CT molecular complexity index is 311. The van der Waals surface area contributed by atoms with E-state index in [1.54, 1.807) is 0 Å². The summed E-state index contributed by atoms with van der Waals surface area (Å²) in [6, 6.07) is 1.91. The van der Waals surface area contributed by atoms with Gasteiger partial charge in [0.15, 0.2) is 0 Å². The predicted molar refractivity (Wildman–Crippen MR) is 64.1 cm³/mol. The van der Waals surface area contributed by atoms with Gasteiger partial charge in [-0.05, 0) is 25.0 Å². The SMILES string of the molecule is Cc1cc(C(Cl)CCOCC(F)F)sc1Cl. The zero-order chi connectivity index (χ0) is 12.1. The highest BCUT2D eigenvalue weighted by Gasteiger charge is 2.13. The summed E-state index contributed by atoms with van der Waals surface area (Å²) in [6.07, 6.45) is -1.92. The minimum Gasteiger partial charge on any atom is -0.375 e. The summed E-state index contributed by atoms with van der Waals surface area (Å²) < 4.78 is 29.0. The summed E-state index contributed by atoms with van der Waals surface area (Å²) >= 11 is 13.4. The van der Waals surface area contributed by atoms with Crippen molar-refractivity contribution >= 4 is 34.5 Å². The molecule has 0 aliphatic heterocycles. The van der Waals surface area contributed by atoms with E-state index < -0.39 is 13.0 Å². The van der Waals surface area contributed by atoms with Gasteiger partial charge < -0.3 is 4.74 Å². The van der Waals surface area contributed by atoms with Crippen molar-refractivity contribution in [3.63, 3.8) is 0 Å². The fourth-order valence-electron chi connectivity index (χ4n) is 1.14. The van der Waals surface area contributed by atoms with Gasteiger partial charge in [0.25, 0.3) is 6.43 Å². The average Bonchev–Trinajstić information content (AvgIpc) is 2.54. The molecule has 1 nitrogen and oxygen atoms in total. The maximum absolute atomic E-state index is 11.8. The quantitative estimate of drug-likeness (QED) is 0.546. The second-order valence-corrected chi connectivity index (χ2v) is 5.54. The molecular formula is C10H12Cl2F2OS. The zero-order valence-electron chi connectivity index (χ0n) is 8.68. The number of ether oxygens (including phenoxy) is 1. The summed E-state index contributed by atoms with van der Waals surface area (Å²) in [5.74, 6) is 0. The van der Waals surface area contributed by atoms with Crippen molar-refractivity contribution in [1.29, 1.82) is 0 Å². The lowest BCUT2D eigenvalue weighted by molar-refractivity contribution is 0.0166. The average molecular weight is 289 g/mol. The van der Waals surface area contributed by atoms with Crippen LogP contribution in [-0.2, 0) is 4.74 Å². The normalized spacial score (nSPS) is 13.4. The van der Waals surface area contributed by atoms with Crippen molar-refractivity contribution in [3.05, 3.63) is 20.8 Å². The van der Waals surface area contributed by atoms with Crippen LogP contribution in [0.1, 0.15) is 22.2 Å². The topological polar surface area (TPSA) is 9.23 Å². The first-order valence-corrected chi connectivity index (χ1v) is 6.39. The van der Waals surface area contributed by atoms with E-state index in [2.05, 4.69) is 0 Å². The Morgan fingerprint density at radius 1 is 1.50 bits per heavy atom. The zero-order valence-corrected chi connectivity index (χ0v) is 11.0. The smallest absolute Gasteiger partial charge is 0.261 e. The van der Waals surface area contributed by atoms with Gasteiger partial charge in [0.1, 0.15) is 6.61 Å². The lowest BCUT2D eigenvalue weighted by Crippen LogP contribution is -2.06. The summed E-state index contributed by atoms with van der Waals surface area (Å²) in [5.41, 5.74) is 0.987. The number of alkyl halides is 3. The van der Waals surface area contributed by atoms with Gasteiger partial charge in [-0.15, -0.1) is 22.9 Å². The molecule has 0 N–H and O–H groups in total. The van der Waals surface area contributed by atoms with Gasteiger partial charge in [-0.25, -0.2) is 8.78 Å². The van der Waals surface area contributed by atoms with Gasteiger partial charge in [0.05, 0.1) is 9.71 Å². The third kappa shape index (κ3) is 4.53. The fourth-order valence-corrected chi connectivity index (χ4v) is 2.66. The Balaban J connectivity index is 2.32. The van der Waals surface area contributed by atoms with Crippen molar-refractivity contribution in [2.45, 2.75) is 25.1 Å². The highest BCUT2D eigenvalue weighted by Crippen LogP contribution is 2.35. The van der Waals surface area contributed by atoms with Crippen LogP contribution in [0.2, 0.25) is 4.34 Å². The first kappa shape index (κ1) is 14.2. The van der Waals surface area contributed by atoms with E-state index in [1.165, 1.54) is 11.3 Å². The minimum atomic E-state index is -2.42. The van der Waals surface area contributed by atoms with Crippen molar-refractivity contribution in [2.75, 3.05) is 13.2 Å². The third-order valence-electron chi connectivity index (χ3n) is 1.94. The van der Waals surface area contributed by atoms with E-state index >= 15 is 0 Å². The highest BCUT2D eigenvalue weighted by atomic mass is 35.5. The molecule has 0 saturated carbocycles. The highest BCUT2D eigenvalue weighted by molar-refractivity contribution is 7.16. The van der Waals surface area contributed by atoms with Crippen LogP contribution >= 0.6 is 34.5 Å². The van der Waals surface area contributed by atoms with E-state index in [0.29, 0.717) is 10.8 Å². The third-order valence-corrected chi connectivity index (χ3v) is 4.20. The first-order valence-electron chi connectivity index (χ1n) is 4.76. The van der Waals surface area contributed by atoms with E-state index in [4.69, 9.17) is 27.9 Å². The molecule has 0 spiro atoms. The Labute approximate surface area is 107 Å². The molecule has 0 radical (unpaired) electrons. The molecular weight excluding hydrogens is 277 g/mol. The van der Waals surface area contributed by atoms with E-state index in [9.17, 15) is 8.78 Å². The Morgan fingerprint density at radius 2 is 2.19 bits per heavy atom. The molecule has 1 heterocycles. The number of hydrogen-bond donors (Lipinski definition) is 0. The molecule has 0 aromatic carbocycles. The predicted octanol–water partition coefficient (Wildman–Crippen LogP) is 4.66. The van der Waals surface area contributed by atoms with Crippen LogP contribution in [0, 0.1) is 6.92 Å². The summed E-state index contributed by atoms with van der Waals surface area (Å²) in [6.45, 7) is 1.60. The summed E-state index contributed by atoms with van der Waals surface area (Å²) in [4.78, 5) is 0.949. The van der Waals surface area contributed by atoms with Crippen LogP contribution in [0.3, 0.4) is 0 Å². The monoisotopic (exact) mass is 288 g/mol. The van der Waals surface area contributed by atoms with Crippen LogP contribution < -0.4 is 0 Å². The van der Waals surface area contributed by atoms with Crippen molar-refractivity contribution in [1.82, 2.24) is 0 Å². The Morgan fingerprint density at radius 3 is 2.69 bits per heavy atom. The molecule has 1 unspecified atom stereocenters. The number of rotatable bonds is 6. The lowest BCUT2D eigenvalue weighted by atomic mass is 10.2. The molecule has 0 aliphatic carbocycles. The van der Waals surface area contributed by atoms with Gasteiger partial charge in [-0.3, -0.25) is 0 Å². The van der Waals surface area contributed by atoms with E-state index in [-0.39, 0.29) is 12.0 Å². The van der Waals surface area contributed by atoms with Gasteiger partial charge >= 0.3 is 0 Å². The molecule has 16 heavy (non-hydrogen) atoms. The van der Waals surface area contributed by atoms with Crippen molar-refractivity contribution < 1.29 is 13.5 Å². The molecule has 0 saturated heterocycles. The number of hydrogen-bond acceptors (Lipinski definition) is 2. The van der Waals surface area contributed by atoms with Crippen LogP contribution in [0.25, 0.3) is 0 Å². The summed E-state index contributed by atoms with van der Waals surface area (Å²) in [7, 11) is 0. The fraction of sp³-hybridized carbons (Fsp3) is 0.600. The maximum atomic E-state index is 11.8. The van der Waals surface area contributed by atoms with Crippen molar-refractivity contribution in [3.8, 4) is 0 Å². The molecule has 0 bridgehead atoms. The van der Waals surface area contributed by atoms with Gasteiger partial charge in [0.2, 0.25) is 0 Å². The van der Waals surface area contributed by atoms with Crippen LogP contribution in [0.15, 0.2) is 6.07 Å².